The van der Waals surface area contributed by atoms with E-state index in [1.165, 1.54) is 62.9 Å². The van der Waals surface area contributed by atoms with E-state index in [9.17, 15) is 0 Å². The lowest BCUT2D eigenvalue weighted by Gasteiger charge is -2.37. The molecule has 1 heterocycles. The lowest BCUT2D eigenvalue weighted by Crippen LogP contribution is -2.48. The van der Waals surface area contributed by atoms with Crippen molar-refractivity contribution in [3.63, 3.8) is 0 Å². The number of hydrogen-bond acceptors (Lipinski definition) is 4. The summed E-state index contributed by atoms with van der Waals surface area (Å²) in [5.41, 5.74) is 0. The van der Waals surface area contributed by atoms with Gasteiger partial charge in [-0.15, -0.1) is 0 Å². The Labute approximate surface area is 168 Å². The predicted molar refractivity (Wildman–Crippen MR) is 122 cm³/mol. The highest BCUT2D eigenvalue weighted by Gasteiger charge is 2.20. The number of hydrogen-bond donors (Lipinski definition) is 0. The van der Waals surface area contributed by atoms with Crippen LogP contribution in [0.5, 0.6) is 0 Å². The smallest absolute Gasteiger partial charge is 0.136 e. The first kappa shape index (κ1) is 22.5. The summed E-state index contributed by atoms with van der Waals surface area (Å²) in [4.78, 5) is 4.73. The highest BCUT2D eigenvalue weighted by atomic mass is 32.2. The van der Waals surface area contributed by atoms with E-state index in [0.29, 0.717) is 0 Å². The predicted octanol–water partition coefficient (Wildman–Crippen LogP) is 5.80. The monoisotopic (exact) mass is 406 g/mol. The number of rotatable bonds is 10. The second-order valence-electron chi connectivity index (χ2n) is 6.32. The zero-order chi connectivity index (χ0) is 17.6. The van der Waals surface area contributed by atoms with Crippen LogP contribution in [0.2, 0.25) is 0 Å². The lowest BCUT2D eigenvalue weighted by molar-refractivity contribution is 0.271. The van der Waals surface area contributed by atoms with Crippen LogP contribution in [0.15, 0.2) is 0 Å². The summed E-state index contributed by atoms with van der Waals surface area (Å²) in [6.07, 6.45) is 10.5. The lowest BCUT2D eigenvalue weighted by atomic mass is 10.2. The highest BCUT2D eigenvalue weighted by molar-refractivity contribution is 8.23. The van der Waals surface area contributed by atoms with Crippen LogP contribution in [-0.2, 0) is 0 Å². The summed E-state index contributed by atoms with van der Waals surface area (Å²) in [6.45, 7) is 8.61. The summed E-state index contributed by atoms with van der Waals surface area (Å²) >= 11 is 14.9. The fraction of sp³-hybridized carbons (Fsp3) is 0.889. The summed E-state index contributed by atoms with van der Waals surface area (Å²) < 4.78 is 2.17. The van der Waals surface area contributed by atoms with Crippen molar-refractivity contribution in [2.24, 2.45) is 0 Å². The van der Waals surface area contributed by atoms with E-state index in [1.54, 1.807) is 0 Å². The zero-order valence-corrected chi connectivity index (χ0v) is 18.7. The van der Waals surface area contributed by atoms with Crippen LogP contribution in [0.1, 0.15) is 65.2 Å². The van der Waals surface area contributed by atoms with Crippen molar-refractivity contribution in [2.45, 2.75) is 65.2 Å². The molecule has 1 rings (SSSR count). The zero-order valence-electron chi connectivity index (χ0n) is 15.4. The minimum Gasteiger partial charge on any atom is -0.354 e. The van der Waals surface area contributed by atoms with Crippen molar-refractivity contribution in [3.05, 3.63) is 0 Å². The van der Waals surface area contributed by atoms with Crippen LogP contribution in [0.4, 0.5) is 0 Å². The van der Waals surface area contributed by atoms with Crippen LogP contribution in [0.25, 0.3) is 0 Å². The molecule has 0 atom stereocenters. The van der Waals surface area contributed by atoms with Crippen molar-refractivity contribution < 1.29 is 0 Å². The van der Waals surface area contributed by atoms with Gasteiger partial charge in [-0.2, -0.15) is 0 Å². The van der Waals surface area contributed by atoms with Crippen LogP contribution >= 0.6 is 48.0 Å². The first-order chi connectivity index (χ1) is 11.7. The summed E-state index contributed by atoms with van der Waals surface area (Å²) in [5.74, 6) is 2.34. The molecular formula is C18H34N2S4. The molecule has 0 aromatic rings. The molecule has 0 aromatic heterocycles. The minimum atomic E-state index is 1.03. The van der Waals surface area contributed by atoms with Crippen molar-refractivity contribution in [1.82, 2.24) is 9.80 Å². The third-order valence-electron chi connectivity index (χ3n) is 4.24. The number of thioether (sulfide) groups is 2. The topological polar surface area (TPSA) is 6.48 Å². The molecule has 140 valence electrons. The second-order valence-corrected chi connectivity index (χ2v) is 9.78. The molecule has 0 N–H and O–H groups in total. The normalized spacial score (nSPS) is 14.9. The van der Waals surface area contributed by atoms with E-state index < -0.39 is 0 Å². The van der Waals surface area contributed by atoms with E-state index in [4.69, 9.17) is 24.4 Å². The molecule has 0 bridgehead atoms. The van der Waals surface area contributed by atoms with E-state index >= 15 is 0 Å². The average Bonchev–Trinajstić information content (AvgIpc) is 2.61. The number of unbranched alkanes of at least 4 members (excludes halogenated alkanes) is 6. The van der Waals surface area contributed by atoms with Crippen LogP contribution in [-0.4, -0.2) is 56.1 Å². The molecule has 24 heavy (non-hydrogen) atoms. The third kappa shape index (κ3) is 9.83. The first-order valence-corrected chi connectivity index (χ1v) is 12.3. The van der Waals surface area contributed by atoms with Gasteiger partial charge in [0.15, 0.2) is 0 Å². The van der Waals surface area contributed by atoms with Gasteiger partial charge in [0.05, 0.1) is 0 Å². The fourth-order valence-electron chi connectivity index (χ4n) is 2.63. The molecule has 1 fully saturated rings. The maximum atomic E-state index is 5.60. The molecule has 0 radical (unpaired) electrons. The Bertz CT molecular complexity index is 321. The summed E-state index contributed by atoms with van der Waals surface area (Å²) in [5, 5.41) is 0. The molecule has 0 amide bonds. The van der Waals surface area contributed by atoms with E-state index in [-0.39, 0.29) is 0 Å². The molecule has 0 spiro atoms. The van der Waals surface area contributed by atoms with Gasteiger partial charge in [-0.1, -0.05) is 100 Å². The Morgan fingerprint density at radius 1 is 0.667 bits per heavy atom. The van der Waals surface area contributed by atoms with Crippen molar-refractivity contribution >= 4 is 56.6 Å². The Morgan fingerprint density at radius 3 is 1.38 bits per heavy atom. The largest absolute Gasteiger partial charge is 0.354 e. The van der Waals surface area contributed by atoms with Crippen molar-refractivity contribution in [3.8, 4) is 0 Å². The Hall–Kier alpha value is 0.480. The molecule has 1 aliphatic rings. The molecule has 1 aliphatic heterocycles. The Kier molecular flexibility index (Phi) is 13.7. The van der Waals surface area contributed by atoms with Crippen LogP contribution in [0.3, 0.4) is 0 Å². The number of nitrogens with zero attached hydrogens (tertiary/aromatic N) is 2. The highest BCUT2D eigenvalue weighted by Crippen LogP contribution is 2.18. The van der Waals surface area contributed by atoms with Gasteiger partial charge in [0.1, 0.15) is 8.64 Å². The maximum Gasteiger partial charge on any atom is 0.136 e. The minimum absolute atomic E-state index is 1.03. The molecule has 1 saturated heterocycles. The van der Waals surface area contributed by atoms with Gasteiger partial charge >= 0.3 is 0 Å². The molecule has 0 aliphatic carbocycles. The Balaban J connectivity index is 2.11. The van der Waals surface area contributed by atoms with Gasteiger partial charge in [-0.3, -0.25) is 0 Å². The van der Waals surface area contributed by atoms with Gasteiger partial charge in [0.2, 0.25) is 0 Å². The quantitative estimate of drug-likeness (QED) is 0.332. The standard InChI is InChI=1S/C18H34N2S4/c1-3-5-7-9-15-23-17(21)19-11-13-20(14-12-19)18(22)24-16-10-8-6-4-2/h3-16H2,1-2H3. The average molecular weight is 407 g/mol. The summed E-state index contributed by atoms with van der Waals surface area (Å²) in [7, 11) is 0. The van der Waals surface area contributed by atoms with Gasteiger partial charge in [0, 0.05) is 37.7 Å². The molecule has 0 saturated carbocycles. The fourth-order valence-corrected chi connectivity index (χ4v) is 5.27. The number of piperazine rings is 1. The number of thiocarbonyl (C=S) groups is 2. The first-order valence-electron chi connectivity index (χ1n) is 9.52. The van der Waals surface area contributed by atoms with E-state index in [1.807, 2.05) is 23.5 Å². The van der Waals surface area contributed by atoms with Crippen molar-refractivity contribution in [1.29, 1.82) is 0 Å². The van der Waals surface area contributed by atoms with Crippen LogP contribution < -0.4 is 0 Å². The molecule has 6 heteroatoms. The molecule has 2 nitrogen and oxygen atoms in total. The Morgan fingerprint density at radius 2 is 1.04 bits per heavy atom. The van der Waals surface area contributed by atoms with Crippen LogP contribution in [0, 0.1) is 0 Å². The molecular weight excluding hydrogens is 372 g/mol. The van der Waals surface area contributed by atoms with Gasteiger partial charge < -0.3 is 9.80 Å². The van der Waals surface area contributed by atoms with E-state index in [0.717, 1.165) is 34.8 Å². The van der Waals surface area contributed by atoms with Gasteiger partial charge in [-0.25, -0.2) is 0 Å². The maximum absolute atomic E-state index is 5.60. The van der Waals surface area contributed by atoms with Gasteiger partial charge in [0.25, 0.3) is 0 Å². The summed E-state index contributed by atoms with van der Waals surface area (Å²) in [6, 6.07) is 0. The third-order valence-corrected chi connectivity index (χ3v) is 7.46. The molecule has 0 aromatic carbocycles. The van der Waals surface area contributed by atoms with E-state index in [2.05, 4.69) is 23.6 Å². The van der Waals surface area contributed by atoms with Gasteiger partial charge in [-0.05, 0) is 12.8 Å². The van der Waals surface area contributed by atoms with Crippen molar-refractivity contribution in [2.75, 3.05) is 37.7 Å². The molecule has 0 unspecified atom stereocenters. The second kappa shape index (κ2) is 14.6. The SMILES string of the molecule is CCCCCCSC(=S)N1CCN(C(=S)SCCCCCC)CC1.